The lowest BCUT2D eigenvalue weighted by atomic mass is 10.2. The molecular weight excluding hydrogens is 473 g/mol. The Hall–Kier alpha value is -4.24. The predicted octanol–water partition coefficient (Wildman–Crippen LogP) is 5.39. The average molecular weight is 494 g/mol. The number of hydrogen-bond donors (Lipinski definition) is 1. The Labute approximate surface area is 206 Å². The van der Waals surface area contributed by atoms with Crippen molar-refractivity contribution in [2.75, 3.05) is 12.4 Å². The van der Waals surface area contributed by atoms with Crippen LogP contribution in [0.15, 0.2) is 78.2 Å². The molecule has 0 fully saturated rings. The average Bonchev–Trinajstić information content (AvgIpc) is 3.31. The predicted molar refractivity (Wildman–Crippen MR) is 130 cm³/mol. The molecule has 178 valence electrons. The lowest BCUT2D eigenvalue weighted by Crippen LogP contribution is -2.23. The van der Waals surface area contributed by atoms with Crippen LogP contribution in [0.1, 0.15) is 11.3 Å². The quantitative estimate of drug-likeness (QED) is 0.312. The molecule has 0 saturated carbocycles. The first-order valence-corrected chi connectivity index (χ1v) is 10.9. The van der Waals surface area contributed by atoms with E-state index in [2.05, 4.69) is 27.0 Å². The first kappa shape index (κ1) is 23.9. The molecule has 35 heavy (non-hydrogen) atoms. The summed E-state index contributed by atoms with van der Waals surface area (Å²) in [6.45, 7) is 3.92. The highest BCUT2D eigenvalue weighted by molar-refractivity contribution is 6.32. The molecule has 8 nitrogen and oxygen atoms in total. The van der Waals surface area contributed by atoms with Crippen molar-refractivity contribution < 1.29 is 18.4 Å². The molecule has 1 N–H and O–H groups in total. The van der Waals surface area contributed by atoms with E-state index in [0.29, 0.717) is 44.9 Å². The molecule has 0 saturated heterocycles. The molecule has 2 aromatic heterocycles. The second kappa shape index (κ2) is 10.8. The van der Waals surface area contributed by atoms with Gasteiger partial charge in [-0.1, -0.05) is 35.5 Å². The number of nitrogens with one attached hydrogen (secondary N) is 1. The molecule has 4 aromatic rings. The molecule has 0 spiro atoms. The van der Waals surface area contributed by atoms with Gasteiger partial charge in [-0.2, -0.15) is 0 Å². The van der Waals surface area contributed by atoms with Crippen LogP contribution in [0, 0.1) is 5.82 Å². The fourth-order valence-electron chi connectivity index (χ4n) is 3.22. The van der Waals surface area contributed by atoms with Gasteiger partial charge in [-0.3, -0.25) is 4.79 Å². The van der Waals surface area contributed by atoms with Crippen LogP contribution >= 0.6 is 11.6 Å². The summed E-state index contributed by atoms with van der Waals surface area (Å²) in [5, 5.41) is 7.59. The number of anilines is 2. The maximum absolute atomic E-state index is 13.4. The van der Waals surface area contributed by atoms with Gasteiger partial charge in [-0.05, 0) is 42.0 Å². The molecular formula is C25H21ClFN5O3. The standard InChI is InChI=1S/C25H21ClFN5O3/c1-3-24(33)32(2)13-19-11-23(35-31-19)20-12-28-15-29-25(20)30-18-7-8-22(21(26)10-18)34-14-16-5-4-6-17(27)9-16/h3-12,15H,1,13-14H2,2H3,(H,28,29,30). The summed E-state index contributed by atoms with van der Waals surface area (Å²) in [7, 11) is 1.65. The number of ether oxygens (including phenoxy) is 1. The van der Waals surface area contributed by atoms with Crippen molar-refractivity contribution in [1.82, 2.24) is 20.0 Å². The van der Waals surface area contributed by atoms with Crippen LogP contribution in [0.25, 0.3) is 11.3 Å². The summed E-state index contributed by atoms with van der Waals surface area (Å²) >= 11 is 6.40. The number of hydrogen-bond acceptors (Lipinski definition) is 7. The third-order valence-electron chi connectivity index (χ3n) is 4.96. The molecule has 2 heterocycles. The summed E-state index contributed by atoms with van der Waals surface area (Å²) in [4.78, 5) is 21.6. The molecule has 4 rings (SSSR count). The molecule has 0 atom stereocenters. The zero-order valence-electron chi connectivity index (χ0n) is 18.7. The Balaban J connectivity index is 1.47. The van der Waals surface area contributed by atoms with Crippen LogP contribution in [0.4, 0.5) is 15.9 Å². The van der Waals surface area contributed by atoms with Gasteiger partial charge in [0.2, 0.25) is 5.91 Å². The monoisotopic (exact) mass is 493 g/mol. The maximum atomic E-state index is 13.4. The maximum Gasteiger partial charge on any atom is 0.246 e. The Kier molecular flexibility index (Phi) is 7.37. The highest BCUT2D eigenvalue weighted by atomic mass is 35.5. The molecule has 0 aliphatic heterocycles. The Bertz CT molecular complexity index is 1360. The highest BCUT2D eigenvalue weighted by Gasteiger charge is 2.16. The third kappa shape index (κ3) is 6.01. The zero-order chi connectivity index (χ0) is 24.8. The molecule has 0 bridgehead atoms. The molecule has 0 aliphatic carbocycles. The van der Waals surface area contributed by atoms with Crippen molar-refractivity contribution in [2.24, 2.45) is 0 Å². The molecule has 2 aromatic carbocycles. The number of likely N-dealkylation sites (N-methyl/N-ethyl adjacent to an activating group) is 1. The number of halogens is 2. The van der Waals surface area contributed by atoms with Gasteiger partial charge < -0.3 is 19.5 Å². The Morgan fingerprint density at radius 2 is 2.14 bits per heavy atom. The van der Waals surface area contributed by atoms with E-state index in [4.69, 9.17) is 20.9 Å². The molecule has 10 heteroatoms. The first-order valence-electron chi connectivity index (χ1n) is 10.5. The van der Waals surface area contributed by atoms with Crippen molar-refractivity contribution in [3.8, 4) is 17.1 Å². The minimum absolute atomic E-state index is 0.182. The van der Waals surface area contributed by atoms with Crippen LogP contribution < -0.4 is 10.1 Å². The Morgan fingerprint density at radius 1 is 1.29 bits per heavy atom. The topological polar surface area (TPSA) is 93.4 Å². The summed E-state index contributed by atoms with van der Waals surface area (Å²) in [6, 6.07) is 13.1. The van der Waals surface area contributed by atoms with Crippen molar-refractivity contribution in [2.45, 2.75) is 13.2 Å². The second-order valence-corrected chi connectivity index (χ2v) is 7.96. The number of nitrogens with zero attached hydrogens (tertiary/aromatic N) is 4. The highest BCUT2D eigenvalue weighted by Crippen LogP contribution is 2.32. The largest absolute Gasteiger partial charge is 0.487 e. The van der Waals surface area contributed by atoms with Gasteiger partial charge in [0, 0.05) is 25.0 Å². The van der Waals surface area contributed by atoms with E-state index in [0.717, 1.165) is 0 Å². The second-order valence-electron chi connectivity index (χ2n) is 7.55. The summed E-state index contributed by atoms with van der Waals surface area (Å²) in [5.41, 5.74) is 2.49. The summed E-state index contributed by atoms with van der Waals surface area (Å²) in [5.74, 6) is 0.822. The minimum Gasteiger partial charge on any atom is -0.487 e. The van der Waals surface area contributed by atoms with E-state index < -0.39 is 0 Å². The number of amides is 1. The van der Waals surface area contributed by atoms with E-state index >= 15 is 0 Å². The SMILES string of the molecule is C=CC(=O)N(C)Cc1cc(-c2cncnc2Nc2ccc(OCc3cccc(F)c3)c(Cl)c2)on1. The van der Waals surface area contributed by atoms with Gasteiger partial charge in [0.05, 0.1) is 17.1 Å². The van der Waals surface area contributed by atoms with Crippen molar-refractivity contribution in [1.29, 1.82) is 0 Å². The number of carbonyl (C=O) groups is 1. The van der Waals surface area contributed by atoms with E-state index in [1.54, 1.807) is 49.6 Å². The lowest BCUT2D eigenvalue weighted by molar-refractivity contribution is -0.125. The van der Waals surface area contributed by atoms with Gasteiger partial charge in [0.15, 0.2) is 5.76 Å². The zero-order valence-corrected chi connectivity index (χ0v) is 19.5. The van der Waals surface area contributed by atoms with Gasteiger partial charge >= 0.3 is 0 Å². The van der Waals surface area contributed by atoms with Gasteiger partial charge in [-0.15, -0.1) is 0 Å². The van der Waals surface area contributed by atoms with E-state index in [1.807, 2.05) is 0 Å². The molecule has 0 radical (unpaired) electrons. The number of carbonyl (C=O) groups excluding carboxylic acids is 1. The minimum atomic E-state index is -0.325. The summed E-state index contributed by atoms with van der Waals surface area (Å²) in [6.07, 6.45) is 4.23. The van der Waals surface area contributed by atoms with Crippen LogP contribution in [0.3, 0.4) is 0 Å². The Morgan fingerprint density at radius 3 is 2.91 bits per heavy atom. The fraction of sp³-hybridized carbons (Fsp3) is 0.120. The fourth-order valence-corrected chi connectivity index (χ4v) is 3.45. The number of benzene rings is 2. The molecule has 0 aliphatic rings. The number of aromatic nitrogens is 3. The van der Waals surface area contributed by atoms with Gasteiger partial charge in [0.25, 0.3) is 0 Å². The third-order valence-corrected chi connectivity index (χ3v) is 5.26. The van der Waals surface area contributed by atoms with Gasteiger partial charge in [-0.25, -0.2) is 14.4 Å². The molecule has 1 amide bonds. The van der Waals surface area contributed by atoms with Crippen molar-refractivity contribution >= 4 is 29.0 Å². The number of rotatable bonds is 9. The van der Waals surface area contributed by atoms with E-state index in [1.165, 1.54) is 29.4 Å². The van der Waals surface area contributed by atoms with E-state index in [9.17, 15) is 9.18 Å². The van der Waals surface area contributed by atoms with Crippen molar-refractivity contribution in [3.05, 3.63) is 95.8 Å². The van der Waals surface area contributed by atoms with E-state index in [-0.39, 0.29) is 24.9 Å². The van der Waals surface area contributed by atoms with Crippen LogP contribution in [-0.2, 0) is 17.9 Å². The van der Waals surface area contributed by atoms with Gasteiger partial charge in [0.1, 0.15) is 36.0 Å². The first-order chi connectivity index (χ1) is 16.9. The van der Waals surface area contributed by atoms with Crippen molar-refractivity contribution in [3.63, 3.8) is 0 Å². The van der Waals surface area contributed by atoms with Crippen LogP contribution in [-0.4, -0.2) is 33.0 Å². The molecule has 0 unspecified atom stereocenters. The smallest absolute Gasteiger partial charge is 0.246 e. The normalized spacial score (nSPS) is 10.6. The van der Waals surface area contributed by atoms with Crippen LogP contribution in [0.5, 0.6) is 5.75 Å². The lowest BCUT2D eigenvalue weighted by Gasteiger charge is -2.12. The van der Waals surface area contributed by atoms with Crippen LogP contribution in [0.2, 0.25) is 5.02 Å². The summed E-state index contributed by atoms with van der Waals surface area (Å²) < 4.78 is 24.5.